The summed E-state index contributed by atoms with van der Waals surface area (Å²) in [6, 6.07) is 5.19. The fourth-order valence-corrected chi connectivity index (χ4v) is 4.32. The van der Waals surface area contributed by atoms with Gasteiger partial charge >= 0.3 is 0 Å². The number of hydrogen-bond acceptors (Lipinski definition) is 5. The van der Waals surface area contributed by atoms with E-state index in [9.17, 15) is 5.26 Å². The molecule has 2 aromatic rings. The first-order valence-electron chi connectivity index (χ1n) is 9.49. The standard InChI is InChI=1S/C21H25ClN4O2S/c1-21(2,3)18-12-26(11-15-6-5-9-28-15)20(29-18)25-19(24-13-23)16-10-14(22)7-8-17(16)27-4/h7-8,10,12,15H,5-6,9,11H2,1-4H3/b24-19?,25-20-/t15-/m1/s1. The van der Waals surface area contributed by atoms with Gasteiger partial charge in [0.15, 0.2) is 10.6 Å². The molecule has 0 amide bonds. The number of benzene rings is 1. The van der Waals surface area contributed by atoms with Crippen LogP contribution in [0.25, 0.3) is 0 Å². The summed E-state index contributed by atoms with van der Waals surface area (Å²) < 4.78 is 13.4. The molecule has 1 aromatic heterocycles. The lowest BCUT2D eigenvalue weighted by Gasteiger charge is -2.15. The summed E-state index contributed by atoms with van der Waals surface area (Å²) in [6.07, 6.45) is 6.27. The van der Waals surface area contributed by atoms with Gasteiger partial charge in [-0.3, -0.25) is 0 Å². The smallest absolute Gasteiger partial charge is 0.207 e. The van der Waals surface area contributed by atoms with E-state index in [0.29, 0.717) is 16.3 Å². The zero-order chi connectivity index (χ0) is 21.0. The molecule has 0 spiro atoms. The molecule has 1 aliphatic heterocycles. The van der Waals surface area contributed by atoms with E-state index in [2.05, 4.69) is 36.5 Å². The van der Waals surface area contributed by atoms with Crippen LogP contribution >= 0.6 is 22.9 Å². The number of aromatic nitrogens is 1. The fourth-order valence-electron chi connectivity index (χ4n) is 3.09. The zero-order valence-electron chi connectivity index (χ0n) is 17.1. The lowest BCUT2D eigenvalue weighted by Crippen LogP contribution is -2.23. The van der Waals surface area contributed by atoms with Gasteiger partial charge in [0.1, 0.15) is 5.75 Å². The van der Waals surface area contributed by atoms with E-state index >= 15 is 0 Å². The van der Waals surface area contributed by atoms with Gasteiger partial charge in [-0.05, 0) is 36.5 Å². The Hall–Kier alpha value is -2.14. The summed E-state index contributed by atoms with van der Waals surface area (Å²) in [7, 11) is 1.57. The molecule has 1 aliphatic rings. The van der Waals surface area contributed by atoms with Gasteiger partial charge < -0.3 is 14.0 Å². The molecule has 0 radical (unpaired) electrons. The lowest BCUT2D eigenvalue weighted by molar-refractivity contribution is 0.0963. The Labute approximate surface area is 180 Å². The third-order valence-corrected chi connectivity index (χ3v) is 6.32. The predicted molar refractivity (Wildman–Crippen MR) is 116 cm³/mol. The van der Waals surface area contributed by atoms with Crippen molar-refractivity contribution in [3.05, 3.63) is 44.7 Å². The van der Waals surface area contributed by atoms with E-state index in [0.717, 1.165) is 30.8 Å². The number of aliphatic imine (C=N–C) groups is 1. The maximum Gasteiger partial charge on any atom is 0.207 e. The molecule has 3 rings (SSSR count). The monoisotopic (exact) mass is 432 g/mol. The van der Waals surface area contributed by atoms with Gasteiger partial charge in [-0.25, -0.2) is 0 Å². The lowest BCUT2D eigenvalue weighted by atomic mass is 9.95. The number of nitriles is 1. The van der Waals surface area contributed by atoms with E-state index in [-0.39, 0.29) is 17.4 Å². The highest BCUT2D eigenvalue weighted by molar-refractivity contribution is 7.09. The second-order valence-electron chi connectivity index (χ2n) is 7.91. The minimum atomic E-state index is -0.0169. The highest BCUT2D eigenvalue weighted by Crippen LogP contribution is 2.26. The van der Waals surface area contributed by atoms with E-state index < -0.39 is 0 Å². The van der Waals surface area contributed by atoms with E-state index in [1.807, 2.05) is 6.19 Å². The number of methoxy groups -OCH3 is 1. The molecule has 29 heavy (non-hydrogen) atoms. The van der Waals surface area contributed by atoms with Gasteiger partial charge in [0.2, 0.25) is 6.19 Å². The van der Waals surface area contributed by atoms with Crippen LogP contribution < -0.4 is 9.54 Å². The Morgan fingerprint density at radius 3 is 2.86 bits per heavy atom. The van der Waals surface area contributed by atoms with Crippen molar-refractivity contribution in [2.24, 2.45) is 9.98 Å². The molecule has 0 saturated carbocycles. The number of amidine groups is 1. The Morgan fingerprint density at radius 2 is 2.24 bits per heavy atom. The minimum Gasteiger partial charge on any atom is -0.496 e. The van der Waals surface area contributed by atoms with Gasteiger partial charge in [0.25, 0.3) is 0 Å². The maximum atomic E-state index is 9.25. The molecule has 0 N–H and O–H groups in total. The number of nitrogens with zero attached hydrogens (tertiary/aromatic N) is 4. The van der Waals surface area contributed by atoms with Crippen LogP contribution in [0.2, 0.25) is 5.02 Å². The molecule has 1 fully saturated rings. The molecule has 0 unspecified atom stereocenters. The van der Waals surface area contributed by atoms with Gasteiger partial charge in [-0.2, -0.15) is 15.2 Å². The average molecular weight is 433 g/mol. The van der Waals surface area contributed by atoms with Crippen molar-refractivity contribution in [3.63, 3.8) is 0 Å². The number of thiazole rings is 1. The van der Waals surface area contributed by atoms with Crippen molar-refractivity contribution in [2.75, 3.05) is 13.7 Å². The van der Waals surface area contributed by atoms with Crippen LogP contribution in [0.15, 0.2) is 34.4 Å². The van der Waals surface area contributed by atoms with Crippen LogP contribution in [0.5, 0.6) is 5.75 Å². The second-order valence-corrected chi connectivity index (χ2v) is 9.35. The van der Waals surface area contributed by atoms with Crippen molar-refractivity contribution in [1.29, 1.82) is 5.26 Å². The normalized spacial score (nSPS) is 18.1. The summed E-state index contributed by atoms with van der Waals surface area (Å²) in [5.41, 5.74) is 0.563. The molecular weight excluding hydrogens is 408 g/mol. The third kappa shape index (κ3) is 5.27. The van der Waals surface area contributed by atoms with Gasteiger partial charge in [-0.1, -0.05) is 32.4 Å². The number of ether oxygens (including phenoxy) is 2. The molecule has 1 aromatic carbocycles. The van der Waals surface area contributed by atoms with E-state index in [4.69, 9.17) is 26.1 Å². The molecule has 0 aliphatic carbocycles. The maximum absolute atomic E-state index is 9.25. The fraction of sp³-hybridized carbons (Fsp3) is 0.476. The summed E-state index contributed by atoms with van der Waals surface area (Å²) >= 11 is 7.77. The summed E-state index contributed by atoms with van der Waals surface area (Å²) in [5.74, 6) is 0.834. The number of halogens is 1. The number of rotatable bonds is 4. The molecular formula is C21H25ClN4O2S. The predicted octanol–water partition coefficient (Wildman–Crippen LogP) is 4.52. The quantitative estimate of drug-likeness (QED) is 0.405. The van der Waals surface area contributed by atoms with Gasteiger partial charge in [0, 0.05) is 22.7 Å². The molecule has 1 atom stereocenters. The van der Waals surface area contributed by atoms with Crippen molar-refractivity contribution in [3.8, 4) is 11.9 Å². The van der Waals surface area contributed by atoms with E-state index in [1.54, 1.807) is 36.6 Å². The molecule has 1 saturated heterocycles. The molecule has 6 nitrogen and oxygen atoms in total. The van der Waals surface area contributed by atoms with Crippen molar-refractivity contribution >= 4 is 28.8 Å². The minimum absolute atomic E-state index is 0.0169. The van der Waals surface area contributed by atoms with Crippen LogP contribution in [-0.2, 0) is 16.7 Å². The first kappa shape index (κ1) is 21.6. The molecule has 154 valence electrons. The first-order valence-corrected chi connectivity index (χ1v) is 10.7. The van der Waals surface area contributed by atoms with Crippen LogP contribution in [0, 0.1) is 11.5 Å². The topological polar surface area (TPSA) is 71.9 Å². The molecule has 0 bridgehead atoms. The summed E-state index contributed by atoms with van der Waals surface area (Å²) in [5, 5.41) is 9.77. The third-order valence-electron chi connectivity index (χ3n) is 4.64. The first-order chi connectivity index (χ1) is 13.8. The SMILES string of the molecule is COc1ccc(Cl)cc1C(=NC#N)/N=c1\sc(C(C)(C)C)cn1C[C@H]1CCCO1. The van der Waals surface area contributed by atoms with Crippen molar-refractivity contribution < 1.29 is 9.47 Å². The number of hydrogen-bond donors (Lipinski definition) is 0. The van der Waals surface area contributed by atoms with Crippen LogP contribution in [-0.4, -0.2) is 30.2 Å². The Bertz CT molecular complexity index is 1000. The van der Waals surface area contributed by atoms with Crippen LogP contribution in [0.3, 0.4) is 0 Å². The molecule has 2 heterocycles. The van der Waals surface area contributed by atoms with Gasteiger partial charge in [-0.15, -0.1) is 11.3 Å². The Morgan fingerprint density at radius 1 is 1.45 bits per heavy atom. The van der Waals surface area contributed by atoms with Crippen molar-refractivity contribution in [1.82, 2.24) is 4.57 Å². The highest BCUT2D eigenvalue weighted by atomic mass is 35.5. The average Bonchev–Trinajstić information content (AvgIpc) is 3.32. The Balaban J connectivity index is 2.12. The zero-order valence-corrected chi connectivity index (χ0v) is 18.7. The van der Waals surface area contributed by atoms with Crippen molar-refractivity contribution in [2.45, 2.75) is 51.7 Å². The van der Waals surface area contributed by atoms with Crippen LogP contribution in [0.1, 0.15) is 44.1 Å². The van der Waals surface area contributed by atoms with Gasteiger partial charge in [0.05, 0.1) is 25.3 Å². The summed E-state index contributed by atoms with van der Waals surface area (Å²) in [4.78, 5) is 10.7. The van der Waals surface area contributed by atoms with Crippen LogP contribution in [0.4, 0.5) is 0 Å². The summed E-state index contributed by atoms with van der Waals surface area (Å²) in [6.45, 7) is 8.03. The molecule has 8 heteroatoms. The van der Waals surface area contributed by atoms with E-state index in [1.165, 1.54) is 4.88 Å². The Kier molecular flexibility index (Phi) is 6.78. The second kappa shape index (κ2) is 9.12. The highest BCUT2D eigenvalue weighted by Gasteiger charge is 2.22. The largest absolute Gasteiger partial charge is 0.496 e.